The first-order valence-corrected chi connectivity index (χ1v) is 7.22. The zero-order valence-electron chi connectivity index (χ0n) is 9.40. The van der Waals surface area contributed by atoms with Crippen LogP contribution in [0.2, 0.25) is 0 Å². The maximum absolute atomic E-state index is 14.1. The zero-order valence-corrected chi connectivity index (χ0v) is 10.2. The number of nitrogens with one attached hydrogen (secondary N) is 1. The molecule has 1 atom stereocenters. The van der Waals surface area contributed by atoms with E-state index in [0.29, 0.717) is 12.1 Å². The standard InChI is InChI=1S/C11H14FNO3S/c1-17(15,16)11-9(14)3-2-8(10(11)12)7-4-5-13-6-7/h2-3,7,13-14H,4-6H2,1H3. The minimum Gasteiger partial charge on any atom is -0.506 e. The third-order valence-corrected chi connectivity index (χ3v) is 4.11. The average molecular weight is 259 g/mol. The van der Waals surface area contributed by atoms with Gasteiger partial charge in [-0.3, -0.25) is 0 Å². The van der Waals surface area contributed by atoms with Crippen LogP contribution < -0.4 is 5.32 Å². The molecule has 1 unspecified atom stereocenters. The number of benzene rings is 1. The Hall–Kier alpha value is -1.14. The molecule has 0 bridgehead atoms. The highest BCUT2D eigenvalue weighted by atomic mass is 32.2. The van der Waals surface area contributed by atoms with Gasteiger partial charge in [0.2, 0.25) is 0 Å². The van der Waals surface area contributed by atoms with Gasteiger partial charge in [0.15, 0.2) is 9.84 Å². The van der Waals surface area contributed by atoms with Crippen molar-refractivity contribution in [3.8, 4) is 5.75 Å². The number of hydrogen-bond donors (Lipinski definition) is 2. The number of hydrogen-bond acceptors (Lipinski definition) is 4. The number of rotatable bonds is 2. The molecular weight excluding hydrogens is 245 g/mol. The molecule has 2 rings (SSSR count). The van der Waals surface area contributed by atoms with Gasteiger partial charge in [0.25, 0.3) is 0 Å². The molecular formula is C11H14FNO3S. The molecule has 6 heteroatoms. The molecule has 0 aromatic heterocycles. The summed E-state index contributed by atoms with van der Waals surface area (Å²) in [4.78, 5) is -0.595. The molecule has 1 aromatic carbocycles. The maximum atomic E-state index is 14.1. The van der Waals surface area contributed by atoms with Crippen molar-refractivity contribution in [1.82, 2.24) is 5.32 Å². The summed E-state index contributed by atoms with van der Waals surface area (Å²) in [6.07, 6.45) is 1.66. The van der Waals surface area contributed by atoms with E-state index in [1.54, 1.807) is 0 Å². The van der Waals surface area contributed by atoms with Gasteiger partial charge in [0.05, 0.1) is 0 Å². The van der Waals surface area contributed by atoms with Crippen LogP contribution >= 0.6 is 0 Å². The highest BCUT2D eigenvalue weighted by Crippen LogP contribution is 2.33. The average Bonchev–Trinajstić information content (AvgIpc) is 2.68. The van der Waals surface area contributed by atoms with E-state index in [1.165, 1.54) is 12.1 Å². The lowest BCUT2D eigenvalue weighted by Gasteiger charge is -2.13. The van der Waals surface area contributed by atoms with Crippen molar-refractivity contribution in [1.29, 1.82) is 0 Å². The van der Waals surface area contributed by atoms with E-state index in [0.717, 1.165) is 19.2 Å². The molecule has 2 N–H and O–H groups in total. The molecule has 0 spiro atoms. The Morgan fingerprint density at radius 3 is 2.71 bits per heavy atom. The van der Waals surface area contributed by atoms with Crippen molar-refractivity contribution in [3.05, 3.63) is 23.5 Å². The predicted molar refractivity (Wildman–Crippen MR) is 61.4 cm³/mol. The number of phenols is 1. The molecule has 0 amide bonds. The molecule has 0 aliphatic carbocycles. The van der Waals surface area contributed by atoms with Gasteiger partial charge < -0.3 is 10.4 Å². The first-order chi connectivity index (χ1) is 7.91. The van der Waals surface area contributed by atoms with Crippen molar-refractivity contribution < 1.29 is 17.9 Å². The SMILES string of the molecule is CS(=O)(=O)c1c(O)ccc(C2CCNC2)c1F. The van der Waals surface area contributed by atoms with Crippen LogP contribution in [0.4, 0.5) is 4.39 Å². The van der Waals surface area contributed by atoms with Crippen LogP contribution in [0.5, 0.6) is 5.75 Å². The fourth-order valence-corrected chi connectivity index (χ4v) is 3.04. The van der Waals surface area contributed by atoms with Gasteiger partial charge in [-0.1, -0.05) is 6.07 Å². The van der Waals surface area contributed by atoms with E-state index >= 15 is 0 Å². The van der Waals surface area contributed by atoms with Gasteiger partial charge in [-0.15, -0.1) is 0 Å². The monoisotopic (exact) mass is 259 g/mol. The number of aromatic hydroxyl groups is 1. The van der Waals surface area contributed by atoms with Gasteiger partial charge in [0, 0.05) is 18.7 Å². The quantitative estimate of drug-likeness (QED) is 0.832. The van der Waals surface area contributed by atoms with Crippen molar-refractivity contribution in [2.75, 3.05) is 19.3 Å². The van der Waals surface area contributed by atoms with Crippen LogP contribution in [0.1, 0.15) is 17.9 Å². The van der Waals surface area contributed by atoms with E-state index in [-0.39, 0.29) is 5.92 Å². The molecule has 17 heavy (non-hydrogen) atoms. The summed E-state index contributed by atoms with van der Waals surface area (Å²) in [6, 6.07) is 2.70. The summed E-state index contributed by atoms with van der Waals surface area (Å²) < 4.78 is 37.0. The third kappa shape index (κ3) is 2.28. The van der Waals surface area contributed by atoms with E-state index in [4.69, 9.17) is 0 Å². The Labute approximate surface area is 99.4 Å². The molecule has 1 aliphatic heterocycles. The molecule has 1 aliphatic rings. The Balaban J connectivity index is 2.57. The minimum absolute atomic E-state index is 0.0314. The van der Waals surface area contributed by atoms with Crippen molar-refractivity contribution >= 4 is 9.84 Å². The Kier molecular flexibility index (Phi) is 3.09. The summed E-state index contributed by atoms with van der Waals surface area (Å²) in [6.45, 7) is 1.42. The van der Waals surface area contributed by atoms with Crippen LogP contribution in [-0.2, 0) is 9.84 Å². The third-order valence-electron chi connectivity index (χ3n) is 2.98. The molecule has 0 saturated carbocycles. The summed E-state index contributed by atoms with van der Waals surface area (Å²) in [7, 11) is -3.76. The van der Waals surface area contributed by atoms with E-state index in [2.05, 4.69) is 5.32 Å². The summed E-state index contributed by atoms with van der Waals surface area (Å²) in [5.41, 5.74) is 0.355. The van der Waals surface area contributed by atoms with E-state index < -0.39 is 26.3 Å². The van der Waals surface area contributed by atoms with E-state index in [9.17, 15) is 17.9 Å². The second-order valence-corrected chi connectivity index (χ2v) is 6.23. The van der Waals surface area contributed by atoms with Crippen molar-refractivity contribution in [3.63, 3.8) is 0 Å². The Morgan fingerprint density at radius 1 is 1.47 bits per heavy atom. The highest BCUT2D eigenvalue weighted by molar-refractivity contribution is 7.90. The molecule has 1 saturated heterocycles. The van der Waals surface area contributed by atoms with Crippen LogP contribution in [0.15, 0.2) is 17.0 Å². The predicted octanol–water partition coefficient (Wildman–Crippen LogP) is 1.01. The first kappa shape index (κ1) is 12.3. The second-order valence-electron chi connectivity index (χ2n) is 4.28. The lowest BCUT2D eigenvalue weighted by atomic mass is 9.98. The van der Waals surface area contributed by atoms with Crippen LogP contribution in [0, 0.1) is 5.82 Å². The molecule has 0 radical (unpaired) electrons. The maximum Gasteiger partial charge on any atom is 0.182 e. The highest BCUT2D eigenvalue weighted by Gasteiger charge is 2.27. The summed E-state index contributed by atoms with van der Waals surface area (Å²) in [5, 5.41) is 12.6. The van der Waals surface area contributed by atoms with Gasteiger partial charge >= 0.3 is 0 Å². The van der Waals surface area contributed by atoms with Gasteiger partial charge in [-0.25, -0.2) is 12.8 Å². The van der Waals surface area contributed by atoms with Gasteiger partial charge in [-0.2, -0.15) is 0 Å². The van der Waals surface area contributed by atoms with Crippen LogP contribution in [0.25, 0.3) is 0 Å². The van der Waals surface area contributed by atoms with Gasteiger partial charge in [0.1, 0.15) is 16.5 Å². The van der Waals surface area contributed by atoms with E-state index in [1.807, 2.05) is 0 Å². The first-order valence-electron chi connectivity index (χ1n) is 5.33. The molecule has 4 nitrogen and oxygen atoms in total. The summed E-state index contributed by atoms with van der Waals surface area (Å²) >= 11 is 0. The lowest BCUT2D eigenvalue weighted by Crippen LogP contribution is -2.11. The normalized spacial score (nSPS) is 20.7. The van der Waals surface area contributed by atoms with Crippen molar-refractivity contribution in [2.45, 2.75) is 17.2 Å². The number of phenolic OH excluding ortho intramolecular Hbond substituents is 1. The largest absolute Gasteiger partial charge is 0.506 e. The smallest absolute Gasteiger partial charge is 0.182 e. The number of sulfone groups is 1. The Morgan fingerprint density at radius 2 is 2.18 bits per heavy atom. The minimum atomic E-state index is -3.76. The fourth-order valence-electron chi connectivity index (χ4n) is 2.15. The van der Waals surface area contributed by atoms with Crippen molar-refractivity contribution in [2.24, 2.45) is 0 Å². The Bertz CT molecular complexity index is 536. The zero-order chi connectivity index (χ0) is 12.6. The van der Waals surface area contributed by atoms with Crippen LogP contribution in [0.3, 0.4) is 0 Å². The summed E-state index contributed by atoms with van der Waals surface area (Å²) in [5.74, 6) is -1.38. The molecule has 1 aromatic rings. The topological polar surface area (TPSA) is 66.4 Å². The second kappa shape index (κ2) is 4.27. The molecule has 94 valence electrons. The molecule has 1 heterocycles. The lowest BCUT2D eigenvalue weighted by molar-refractivity contribution is 0.441. The van der Waals surface area contributed by atoms with Gasteiger partial charge in [-0.05, 0) is 24.6 Å². The fraction of sp³-hybridized carbons (Fsp3) is 0.455. The molecule has 1 fully saturated rings. The number of halogens is 1. The van der Waals surface area contributed by atoms with Crippen LogP contribution in [-0.4, -0.2) is 32.9 Å².